The minimum absolute atomic E-state index is 0.396. The molecule has 0 aromatic carbocycles. The maximum absolute atomic E-state index is 4.41. The van der Waals surface area contributed by atoms with Gasteiger partial charge in [0.1, 0.15) is 5.01 Å². The Kier molecular flexibility index (Phi) is 5.52. The van der Waals surface area contributed by atoms with Gasteiger partial charge in [0.25, 0.3) is 0 Å². The Labute approximate surface area is 94.5 Å². The van der Waals surface area contributed by atoms with Gasteiger partial charge in [0.05, 0.1) is 6.04 Å². The van der Waals surface area contributed by atoms with Gasteiger partial charge in [-0.1, -0.05) is 6.92 Å². The van der Waals surface area contributed by atoms with Gasteiger partial charge in [0.2, 0.25) is 0 Å². The number of nitrogens with zero attached hydrogens (tertiary/aromatic N) is 1. The monoisotopic (exact) mass is 230 g/mol. The van der Waals surface area contributed by atoms with Crippen molar-refractivity contribution in [2.24, 2.45) is 0 Å². The van der Waals surface area contributed by atoms with Crippen molar-refractivity contribution >= 4 is 23.1 Å². The second kappa shape index (κ2) is 6.43. The maximum Gasteiger partial charge on any atom is 0.109 e. The Morgan fingerprint density at radius 3 is 3.00 bits per heavy atom. The van der Waals surface area contributed by atoms with Crippen LogP contribution in [-0.2, 0) is 6.42 Å². The van der Waals surface area contributed by atoms with E-state index in [1.54, 1.807) is 0 Å². The lowest BCUT2D eigenvalue weighted by Gasteiger charge is -2.09. The standard InChI is InChI=1S/C10H18N2S2/c1-4-9-7-12-10(14-9)8(2)11-5-6-13-3/h7-8,11H,4-6H2,1-3H3. The van der Waals surface area contributed by atoms with Crippen LogP contribution in [0, 0.1) is 0 Å². The molecular formula is C10H18N2S2. The summed E-state index contributed by atoms with van der Waals surface area (Å²) in [5, 5.41) is 4.68. The molecule has 0 amide bonds. The molecular weight excluding hydrogens is 212 g/mol. The Morgan fingerprint density at radius 2 is 2.43 bits per heavy atom. The molecule has 1 unspecified atom stereocenters. The fourth-order valence-electron chi connectivity index (χ4n) is 1.15. The number of hydrogen-bond acceptors (Lipinski definition) is 4. The second-order valence-corrected chi connectivity index (χ2v) is 5.32. The van der Waals surface area contributed by atoms with Crippen molar-refractivity contribution < 1.29 is 0 Å². The van der Waals surface area contributed by atoms with E-state index in [-0.39, 0.29) is 0 Å². The molecule has 1 aromatic rings. The Bertz CT molecular complexity index is 260. The molecule has 0 aliphatic carbocycles. The Hall–Kier alpha value is -0.0600. The highest BCUT2D eigenvalue weighted by molar-refractivity contribution is 7.98. The minimum Gasteiger partial charge on any atom is -0.307 e. The third kappa shape index (κ3) is 3.59. The molecule has 0 saturated carbocycles. The van der Waals surface area contributed by atoms with Gasteiger partial charge in [-0.05, 0) is 19.6 Å². The van der Waals surface area contributed by atoms with Crippen LogP contribution >= 0.6 is 23.1 Å². The predicted octanol–water partition coefficient (Wildman–Crippen LogP) is 2.72. The molecule has 0 bridgehead atoms. The van der Waals surface area contributed by atoms with Crippen molar-refractivity contribution in [1.82, 2.24) is 10.3 Å². The van der Waals surface area contributed by atoms with Crippen molar-refractivity contribution in [2.75, 3.05) is 18.6 Å². The lowest BCUT2D eigenvalue weighted by molar-refractivity contribution is 0.598. The Balaban J connectivity index is 2.39. The van der Waals surface area contributed by atoms with Gasteiger partial charge < -0.3 is 5.32 Å². The number of thiazole rings is 1. The highest BCUT2D eigenvalue weighted by Gasteiger charge is 2.08. The summed E-state index contributed by atoms with van der Waals surface area (Å²) in [4.78, 5) is 5.79. The van der Waals surface area contributed by atoms with E-state index in [1.165, 1.54) is 9.88 Å². The van der Waals surface area contributed by atoms with Crippen LogP contribution in [0.5, 0.6) is 0 Å². The topological polar surface area (TPSA) is 24.9 Å². The molecule has 14 heavy (non-hydrogen) atoms. The van der Waals surface area contributed by atoms with Gasteiger partial charge in [-0.15, -0.1) is 11.3 Å². The number of nitrogens with one attached hydrogen (secondary N) is 1. The quantitative estimate of drug-likeness (QED) is 0.761. The van der Waals surface area contributed by atoms with E-state index in [1.807, 2.05) is 29.3 Å². The predicted molar refractivity (Wildman–Crippen MR) is 66.3 cm³/mol. The first-order valence-electron chi connectivity index (χ1n) is 4.94. The first kappa shape index (κ1) is 12.0. The van der Waals surface area contributed by atoms with Gasteiger partial charge >= 0.3 is 0 Å². The van der Waals surface area contributed by atoms with Crippen LogP contribution < -0.4 is 5.32 Å². The van der Waals surface area contributed by atoms with E-state index < -0.39 is 0 Å². The van der Waals surface area contributed by atoms with Gasteiger partial charge in [-0.2, -0.15) is 11.8 Å². The second-order valence-electron chi connectivity index (χ2n) is 3.19. The molecule has 0 fully saturated rings. The van der Waals surface area contributed by atoms with E-state index in [0.29, 0.717) is 6.04 Å². The van der Waals surface area contributed by atoms with Crippen LogP contribution in [0.2, 0.25) is 0 Å². The lowest BCUT2D eigenvalue weighted by Crippen LogP contribution is -2.21. The van der Waals surface area contributed by atoms with Crippen LogP contribution in [0.25, 0.3) is 0 Å². The molecule has 1 heterocycles. The SMILES string of the molecule is CCc1cnc(C(C)NCCSC)s1. The summed E-state index contributed by atoms with van der Waals surface area (Å²) >= 11 is 3.69. The number of hydrogen-bond donors (Lipinski definition) is 1. The third-order valence-corrected chi connectivity index (χ3v) is 3.98. The minimum atomic E-state index is 0.396. The number of aromatic nitrogens is 1. The highest BCUT2D eigenvalue weighted by atomic mass is 32.2. The molecule has 1 atom stereocenters. The maximum atomic E-state index is 4.41. The van der Waals surface area contributed by atoms with Crippen LogP contribution in [0.15, 0.2) is 6.20 Å². The first-order chi connectivity index (χ1) is 6.77. The molecule has 4 heteroatoms. The van der Waals surface area contributed by atoms with Gasteiger partial charge in [-0.25, -0.2) is 4.98 Å². The van der Waals surface area contributed by atoms with Crippen LogP contribution in [0.3, 0.4) is 0 Å². The van der Waals surface area contributed by atoms with Crippen LogP contribution in [0.1, 0.15) is 29.8 Å². The average Bonchev–Trinajstić information content (AvgIpc) is 2.66. The first-order valence-corrected chi connectivity index (χ1v) is 7.15. The van der Waals surface area contributed by atoms with Crippen LogP contribution in [0.4, 0.5) is 0 Å². The van der Waals surface area contributed by atoms with E-state index in [4.69, 9.17) is 0 Å². The van der Waals surface area contributed by atoms with E-state index in [9.17, 15) is 0 Å². The fraction of sp³-hybridized carbons (Fsp3) is 0.700. The Morgan fingerprint density at radius 1 is 1.64 bits per heavy atom. The summed E-state index contributed by atoms with van der Waals surface area (Å²) in [7, 11) is 0. The molecule has 0 aliphatic rings. The summed E-state index contributed by atoms with van der Waals surface area (Å²) in [6.07, 6.45) is 5.22. The summed E-state index contributed by atoms with van der Waals surface area (Å²) in [5.41, 5.74) is 0. The number of thioether (sulfide) groups is 1. The smallest absolute Gasteiger partial charge is 0.109 e. The van der Waals surface area contributed by atoms with Crippen molar-refractivity contribution in [3.63, 3.8) is 0 Å². The summed E-state index contributed by atoms with van der Waals surface area (Å²) in [5.74, 6) is 1.16. The molecule has 1 aromatic heterocycles. The normalized spacial score (nSPS) is 13.1. The van der Waals surface area contributed by atoms with Gasteiger partial charge in [-0.3, -0.25) is 0 Å². The zero-order valence-electron chi connectivity index (χ0n) is 9.04. The highest BCUT2D eigenvalue weighted by Crippen LogP contribution is 2.19. The van der Waals surface area contributed by atoms with E-state index >= 15 is 0 Å². The summed E-state index contributed by atoms with van der Waals surface area (Å²) in [6, 6.07) is 0.396. The average molecular weight is 230 g/mol. The fourth-order valence-corrected chi connectivity index (χ4v) is 2.36. The van der Waals surface area contributed by atoms with E-state index in [2.05, 4.69) is 30.4 Å². The van der Waals surface area contributed by atoms with Gasteiger partial charge in [0, 0.05) is 23.4 Å². The molecule has 1 N–H and O–H groups in total. The van der Waals surface area contributed by atoms with Crippen LogP contribution in [-0.4, -0.2) is 23.5 Å². The summed E-state index contributed by atoms with van der Waals surface area (Å²) in [6.45, 7) is 5.41. The zero-order valence-corrected chi connectivity index (χ0v) is 10.7. The largest absolute Gasteiger partial charge is 0.307 e. The molecule has 0 aliphatic heterocycles. The molecule has 1 rings (SSSR count). The molecule has 2 nitrogen and oxygen atoms in total. The molecule has 0 radical (unpaired) electrons. The van der Waals surface area contributed by atoms with E-state index in [0.717, 1.165) is 18.7 Å². The zero-order chi connectivity index (χ0) is 10.4. The third-order valence-electron chi connectivity index (χ3n) is 2.05. The lowest BCUT2D eigenvalue weighted by atomic mass is 10.3. The van der Waals surface area contributed by atoms with Crippen molar-refractivity contribution in [3.05, 3.63) is 16.1 Å². The molecule has 0 saturated heterocycles. The number of aryl methyl sites for hydroxylation is 1. The van der Waals surface area contributed by atoms with Crippen molar-refractivity contribution in [2.45, 2.75) is 26.3 Å². The molecule has 0 spiro atoms. The van der Waals surface area contributed by atoms with Crippen molar-refractivity contribution in [3.8, 4) is 0 Å². The van der Waals surface area contributed by atoms with Gasteiger partial charge in [0.15, 0.2) is 0 Å². The van der Waals surface area contributed by atoms with Crippen molar-refractivity contribution in [1.29, 1.82) is 0 Å². The molecule has 80 valence electrons. The number of rotatable bonds is 6. The summed E-state index contributed by atoms with van der Waals surface area (Å²) < 4.78 is 0.